The van der Waals surface area contributed by atoms with Crippen LogP contribution in [0.3, 0.4) is 0 Å². The zero-order chi connectivity index (χ0) is 5.98. The zero-order valence-electron chi connectivity index (χ0n) is 3.77. The van der Waals surface area contributed by atoms with Crippen LogP contribution in [0.15, 0.2) is 15.9 Å². The maximum atomic E-state index is 10.1. The average Bonchev–Trinajstić information content (AvgIpc) is 2.12. The fraction of sp³-hybridized carbons (Fsp3) is 0. The first kappa shape index (κ1) is 5.87. The number of rotatable bonds is 1. The smallest absolute Gasteiger partial charge is 0.206 e. The van der Waals surface area contributed by atoms with Gasteiger partial charge in [0.1, 0.15) is 0 Å². The van der Waals surface area contributed by atoms with E-state index in [1.807, 2.05) is 0 Å². The molecule has 44 valence electrons. The number of nitrogens with zero attached hydrogens (tertiary/aromatic N) is 1. The van der Waals surface area contributed by atoms with E-state index in [1.165, 1.54) is 22.2 Å². The summed E-state index contributed by atoms with van der Waals surface area (Å²) in [5.41, 5.74) is 1.52. The highest BCUT2D eigenvalue weighted by Crippen LogP contribution is 2.02. The first-order valence-electron chi connectivity index (χ1n) is 1.80. The SMILES string of the molecule is O=S(O)c1cscn1. The number of thiazole rings is 1. The lowest BCUT2D eigenvalue weighted by Gasteiger charge is -1.78. The van der Waals surface area contributed by atoms with Gasteiger partial charge in [-0.1, -0.05) is 0 Å². The highest BCUT2D eigenvalue weighted by Gasteiger charge is 1.97. The average molecular weight is 149 g/mol. The molecule has 0 spiro atoms. The van der Waals surface area contributed by atoms with Crippen LogP contribution < -0.4 is 0 Å². The molecule has 0 radical (unpaired) electrons. The molecule has 1 heterocycles. The summed E-state index contributed by atoms with van der Waals surface area (Å²) in [6.07, 6.45) is 0. The van der Waals surface area contributed by atoms with Crippen molar-refractivity contribution in [1.82, 2.24) is 4.98 Å². The van der Waals surface area contributed by atoms with E-state index in [4.69, 9.17) is 4.55 Å². The molecule has 1 N–H and O–H groups in total. The third-order valence-corrected chi connectivity index (χ3v) is 1.91. The Morgan fingerprint density at radius 3 is 2.88 bits per heavy atom. The molecule has 3 nitrogen and oxygen atoms in total. The largest absolute Gasteiger partial charge is 0.301 e. The Labute approximate surface area is 52.7 Å². The van der Waals surface area contributed by atoms with Gasteiger partial charge in [-0.2, -0.15) is 0 Å². The van der Waals surface area contributed by atoms with Crippen LogP contribution in [-0.4, -0.2) is 13.7 Å². The standard InChI is InChI=1S/C3H3NO2S2/c5-8(6)3-1-7-2-4-3/h1-2H,(H,5,6). The molecule has 0 aliphatic rings. The second-order valence-electron chi connectivity index (χ2n) is 1.08. The van der Waals surface area contributed by atoms with Crippen LogP contribution in [-0.2, 0) is 11.1 Å². The zero-order valence-corrected chi connectivity index (χ0v) is 5.41. The molecule has 5 heteroatoms. The molecule has 0 aromatic carbocycles. The van der Waals surface area contributed by atoms with Crippen molar-refractivity contribution in [1.29, 1.82) is 0 Å². The monoisotopic (exact) mass is 149 g/mol. The van der Waals surface area contributed by atoms with Crippen LogP contribution >= 0.6 is 11.3 Å². The second-order valence-corrected chi connectivity index (χ2v) is 2.71. The minimum atomic E-state index is -1.90. The van der Waals surface area contributed by atoms with Crippen LogP contribution in [0.4, 0.5) is 0 Å². The fourth-order valence-corrected chi connectivity index (χ4v) is 1.41. The van der Waals surface area contributed by atoms with E-state index in [-0.39, 0.29) is 5.03 Å². The summed E-state index contributed by atoms with van der Waals surface area (Å²) < 4.78 is 18.4. The Bertz CT molecular complexity index is 183. The van der Waals surface area contributed by atoms with E-state index < -0.39 is 11.1 Å². The lowest BCUT2D eigenvalue weighted by Crippen LogP contribution is -1.85. The Morgan fingerprint density at radius 2 is 2.62 bits per heavy atom. The topological polar surface area (TPSA) is 50.2 Å². The molecular formula is C3H3NO2S2. The van der Waals surface area contributed by atoms with Crippen molar-refractivity contribution >= 4 is 22.4 Å². The van der Waals surface area contributed by atoms with Crippen molar-refractivity contribution in [2.75, 3.05) is 0 Å². The van der Waals surface area contributed by atoms with Crippen LogP contribution in [0.2, 0.25) is 0 Å². The molecule has 1 aromatic heterocycles. The van der Waals surface area contributed by atoms with Crippen molar-refractivity contribution in [3.8, 4) is 0 Å². The van der Waals surface area contributed by atoms with Gasteiger partial charge in [-0.3, -0.25) is 0 Å². The summed E-state index contributed by atoms with van der Waals surface area (Å²) in [6.45, 7) is 0. The summed E-state index contributed by atoms with van der Waals surface area (Å²) >= 11 is -0.595. The first-order valence-corrected chi connectivity index (χ1v) is 3.84. The molecule has 0 bridgehead atoms. The molecule has 0 saturated heterocycles. The predicted molar refractivity (Wildman–Crippen MR) is 31.2 cm³/mol. The van der Waals surface area contributed by atoms with Gasteiger partial charge in [-0.15, -0.1) is 11.3 Å². The summed E-state index contributed by atoms with van der Waals surface area (Å²) in [5, 5.41) is 1.77. The van der Waals surface area contributed by atoms with Gasteiger partial charge < -0.3 is 4.55 Å². The highest BCUT2D eigenvalue weighted by atomic mass is 32.2. The summed E-state index contributed by atoms with van der Waals surface area (Å²) in [5.74, 6) is 0. The molecule has 0 aliphatic carbocycles. The maximum Gasteiger partial charge on any atom is 0.206 e. The van der Waals surface area contributed by atoms with Crippen molar-refractivity contribution in [2.45, 2.75) is 5.03 Å². The summed E-state index contributed by atoms with van der Waals surface area (Å²) in [6, 6.07) is 0. The number of hydrogen-bond acceptors (Lipinski definition) is 3. The van der Waals surface area contributed by atoms with E-state index in [1.54, 1.807) is 0 Å². The normalized spacial score (nSPS) is 13.6. The van der Waals surface area contributed by atoms with Gasteiger partial charge in [0, 0.05) is 5.38 Å². The Balaban J connectivity index is 2.93. The molecule has 0 saturated carbocycles. The molecule has 1 aromatic rings. The first-order chi connectivity index (χ1) is 3.80. The van der Waals surface area contributed by atoms with Crippen molar-refractivity contribution < 1.29 is 8.76 Å². The van der Waals surface area contributed by atoms with Crippen molar-refractivity contribution in [3.05, 3.63) is 10.9 Å². The molecule has 0 amide bonds. The summed E-state index contributed by atoms with van der Waals surface area (Å²) in [7, 11) is 0. The maximum absolute atomic E-state index is 10.1. The lowest BCUT2D eigenvalue weighted by atomic mass is 11.0. The van der Waals surface area contributed by atoms with Crippen LogP contribution in [0.1, 0.15) is 0 Å². The fourth-order valence-electron chi connectivity index (χ4n) is 0.288. The lowest BCUT2D eigenvalue weighted by molar-refractivity contribution is 0.561. The second kappa shape index (κ2) is 2.34. The molecule has 1 unspecified atom stereocenters. The van der Waals surface area contributed by atoms with E-state index >= 15 is 0 Å². The van der Waals surface area contributed by atoms with Gasteiger partial charge in [-0.25, -0.2) is 9.19 Å². The van der Waals surface area contributed by atoms with E-state index in [2.05, 4.69) is 4.98 Å². The number of aromatic nitrogens is 1. The van der Waals surface area contributed by atoms with Gasteiger partial charge in [0.15, 0.2) is 5.03 Å². The molecule has 8 heavy (non-hydrogen) atoms. The Kier molecular flexibility index (Phi) is 1.72. The van der Waals surface area contributed by atoms with Gasteiger partial charge >= 0.3 is 0 Å². The van der Waals surface area contributed by atoms with Gasteiger partial charge in [0.05, 0.1) is 5.51 Å². The Morgan fingerprint density at radius 1 is 1.88 bits per heavy atom. The van der Waals surface area contributed by atoms with Crippen LogP contribution in [0.25, 0.3) is 0 Å². The highest BCUT2D eigenvalue weighted by molar-refractivity contribution is 7.79. The Hall–Kier alpha value is -0.260. The third kappa shape index (κ3) is 1.12. The molecule has 1 atom stereocenters. The summed E-state index contributed by atoms with van der Waals surface area (Å²) in [4.78, 5) is 3.58. The van der Waals surface area contributed by atoms with Gasteiger partial charge in [0.25, 0.3) is 0 Å². The molecule has 0 aliphatic heterocycles. The van der Waals surface area contributed by atoms with Crippen molar-refractivity contribution in [2.24, 2.45) is 0 Å². The quantitative estimate of drug-likeness (QED) is 0.599. The van der Waals surface area contributed by atoms with Crippen LogP contribution in [0, 0.1) is 0 Å². The van der Waals surface area contributed by atoms with Crippen LogP contribution in [0.5, 0.6) is 0 Å². The minimum Gasteiger partial charge on any atom is -0.301 e. The minimum absolute atomic E-state index is 0.231. The molecule has 0 fully saturated rings. The van der Waals surface area contributed by atoms with E-state index in [0.717, 1.165) is 0 Å². The number of hydrogen-bond donors (Lipinski definition) is 1. The molecular weight excluding hydrogens is 146 g/mol. The van der Waals surface area contributed by atoms with E-state index in [0.29, 0.717) is 0 Å². The van der Waals surface area contributed by atoms with E-state index in [9.17, 15) is 4.21 Å². The van der Waals surface area contributed by atoms with Gasteiger partial charge in [-0.05, 0) is 0 Å². The third-order valence-electron chi connectivity index (χ3n) is 0.589. The van der Waals surface area contributed by atoms with Gasteiger partial charge in [0.2, 0.25) is 11.1 Å². The molecule has 1 rings (SSSR count). The predicted octanol–water partition coefficient (Wildman–Crippen LogP) is 0.724. The van der Waals surface area contributed by atoms with Crippen molar-refractivity contribution in [3.63, 3.8) is 0 Å².